The molecule has 1 aliphatic rings. The maximum Gasteiger partial charge on any atom is 0.243 e. The fourth-order valence-electron chi connectivity index (χ4n) is 3.89. The predicted octanol–water partition coefficient (Wildman–Crippen LogP) is 2.79. The van der Waals surface area contributed by atoms with Gasteiger partial charge < -0.3 is 5.32 Å². The molecule has 0 spiro atoms. The van der Waals surface area contributed by atoms with E-state index < -0.39 is 15.8 Å². The minimum atomic E-state index is -3.69. The van der Waals surface area contributed by atoms with Crippen LogP contribution in [0.5, 0.6) is 0 Å². The van der Waals surface area contributed by atoms with E-state index in [2.05, 4.69) is 10.4 Å². The average molecular weight is 457 g/mol. The summed E-state index contributed by atoms with van der Waals surface area (Å²) in [5.41, 5.74) is 2.10. The maximum atomic E-state index is 13.1. The Hall–Kier alpha value is -3.04. The zero-order chi connectivity index (χ0) is 22.6. The molecule has 1 saturated heterocycles. The molecule has 0 unspecified atom stereocenters. The smallest absolute Gasteiger partial charge is 0.243 e. The van der Waals surface area contributed by atoms with Crippen molar-refractivity contribution in [2.75, 3.05) is 13.1 Å². The lowest BCUT2D eigenvalue weighted by Gasteiger charge is -2.30. The first-order chi connectivity index (χ1) is 15.4. The van der Waals surface area contributed by atoms with E-state index in [1.807, 2.05) is 41.2 Å². The van der Waals surface area contributed by atoms with Crippen LogP contribution in [0.1, 0.15) is 24.0 Å². The second-order valence-electron chi connectivity index (χ2n) is 7.82. The summed E-state index contributed by atoms with van der Waals surface area (Å²) in [6, 6.07) is 14.6. The van der Waals surface area contributed by atoms with Crippen LogP contribution in [0, 0.1) is 11.7 Å². The van der Waals surface area contributed by atoms with E-state index in [1.165, 1.54) is 16.4 Å². The van der Waals surface area contributed by atoms with Crippen LogP contribution in [0.4, 0.5) is 4.39 Å². The third-order valence-electron chi connectivity index (χ3n) is 5.74. The van der Waals surface area contributed by atoms with E-state index in [1.54, 1.807) is 6.20 Å². The van der Waals surface area contributed by atoms with E-state index in [-0.39, 0.29) is 29.8 Å². The minimum absolute atomic E-state index is 0.0654. The monoisotopic (exact) mass is 456 g/mol. The summed E-state index contributed by atoms with van der Waals surface area (Å²) >= 11 is 0. The molecule has 0 radical (unpaired) electrons. The summed E-state index contributed by atoms with van der Waals surface area (Å²) in [5.74, 6) is -0.795. The van der Waals surface area contributed by atoms with Gasteiger partial charge in [0.25, 0.3) is 0 Å². The fourth-order valence-corrected chi connectivity index (χ4v) is 5.36. The van der Waals surface area contributed by atoms with Crippen molar-refractivity contribution in [3.8, 4) is 0 Å². The number of carbonyl (C=O) groups excluding carboxylic acids is 1. The summed E-state index contributed by atoms with van der Waals surface area (Å²) in [5, 5.41) is 7.23. The molecule has 0 saturated carbocycles. The van der Waals surface area contributed by atoms with Crippen molar-refractivity contribution in [2.45, 2.75) is 30.8 Å². The molecule has 0 aliphatic carbocycles. The number of nitrogens with one attached hydrogen (secondary N) is 1. The van der Waals surface area contributed by atoms with Crippen LogP contribution >= 0.6 is 0 Å². The zero-order valence-corrected chi connectivity index (χ0v) is 18.3. The third kappa shape index (κ3) is 5.05. The van der Waals surface area contributed by atoms with Gasteiger partial charge in [-0.25, -0.2) is 12.8 Å². The summed E-state index contributed by atoms with van der Waals surface area (Å²) in [6.07, 6.45) is 4.51. The Kier molecular flexibility index (Phi) is 6.66. The van der Waals surface area contributed by atoms with Gasteiger partial charge in [0.2, 0.25) is 15.9 Å². The number of amides is 1. The molecule has 168 valence electrons. The van der Waals surface area contributed by atoms with Gasteiger partial charge in [0, 0.05) is 37.9 Å². The Morgan fingerprint density at radius 1 is 1.03 bits per heavy atom. The van der Waals surface area contributed by atoms with Crippen molar-refractivity contribution in [3.63, 3.8) is 0 Å². The summed E-state index contributed by atoms with van der Waals surface area (Å²) in [6.45, 7) is 1.55. The van der Waals surface area contributed by atoms with Gasteiger partial charge >= 0.3 is 0 Å². The van der Waals surface area contributed by atoms with Crippen molar-refractivity contribution >= 4 is 15.9 Å². The normalized spacial score (nSPS) is 15.5. The first-order valence-electron chi connectivity index (χ1n) is 10.5. The van der Waals surface area contributed by atoms with Gasteiger partial charge in [0.05, 0.1) is 11.4 Å². The van der Waals surface area contributed by atoms with E-state index in [0.29, 0.717) is 25.9 Å². The quantitative estimate of drug-likeness (QED) is 0.593. The van der Waals surface area contributed by atoms with Crippen molar-refractivity contribution in [1.82, 2.24) is 19.4 Å². The molecule has 1 aliphatic heterocycles. The van der Waals surface area contributed by atoms with Crippen LogP contribution in [0.15, 0.2) is 71.9 Å². The highest BCUT2D eigenvalue weighted by Crippen LogP contribution is 2.24. The number of rotatable bonds is 7. The maximum absolute atomic E-state index is 13.1. The number of sulfonamides is 1. The van der Waals surface area contributed by atoms with Gasteiger partial charge in [-0.3, -0.25) is 9.48 Å². The number of carbonyl (C=O) groups is 1. The Morgan fingerprint density at radius 2 is 1.72 bits per heavy atom. The molecule has 1 fully saturated rings. The SMILES string of the molecule is O=C(NCc1ccccc1Cn1cccn1)C1CCN(S(=O)(=O)c2ccc(F)cc2)CC1. The van der Waals surface area contributed by atoms with E-state index in [0.717, 1.165) is 23.3 Å². The van der Waals surface area contributed by atoms with Gasteiger partial charge in [0.1, 0.15) is 5.82 Å². The lowest BCUT2D eigenvalue weighted by molar-refractivity contribution is -0.126. The number of hydrogen-bond donors (Lipinski definition) is 1. The van der Waals surface area contributed by atoms with Crippen molar-refractivity contribution in [3.05, 3.63) is 83.9 Å². The number of piperidine rings is 1. The molecule has 2 heterocycles. The molecule has 0 atom stereocenters. The van der Waals surface area contributed by atoms with E-state index in [4.69, 9.17) is 0 Å². The van der Waals surface area contributed by atoms with Crippen molar-refractivity contribution in [1.29, 1.82) is 0 Å². The summed E-state index contributed by atoms with van der Waals surface area (Å²) in [7, 11) is -3.69. The topological polar surface area (TPSA) is 84.3 Å². The molecule has 32 heavy (non-hydrogen) atoms. The van der Waals surface area contributed by atoms with E-state index in [9.17, 15) is 17.6 Å². The second kappa shape index (κ2) is 9.62. The first kappa shape index (κ1) is 22.2. The highest BCUT2D eigenvalue weighted by atomic mass is 32.2. The molecule has 4 rings (SSSR count). The highest BCUT2D eigenvalue weighted by molar-refractivity contribution is 7.89. The Bertz CT molecular complexity index is 1160. The van der Waals surface area contributed by atoms with Crippen LogP contribution in [0.3, 0.4) is 0 Å². The van der Waals surface area contributed by atoms with Crippen LogP contribution < -0.4 is 5.32 Å². The van der Waals surface area contributed by atoms with Gasteiger partial charge in [-0.15, -0.1) is 0 Å². The molecule has 9 heteroatoms. The number of hydrogen-bond acceptors (Lipinski definition) is 4. The van der Waals surface area contributed by atoms with Crippen molar-refractivity contribution < 1.29 is 17.6 Å². The highest BCUT2D eigenvalue weighted by Gasteiger charge is 2.32. The molecule has 1 N–H and O–H groups in total. The third-order valence-corrected chi connectivity index (χ3v) is 7.65. The molecule has 2 aromatic carbocycles. The molecule has 3 aromatic rings. The van der Waals surface area contributed by atoms with E-state index >= 15 is 0 Å². The Morgan fingerprint density at radius 3 is 2.38 bits per heavy atom. The number of aromatic nitrogens is 2. The Balaban J connectivity index is 1.32. The van der Waals surface area contributed by atoms with Crippen LogP contribution in [-0.4, -0.2) is 41.5 Å². The lowest BCUT2D eigenvalue weighted by atomic mass is 9.97. The zero-order valence-electron chi connectivity index (χ0n) is 17.5. The number of nitrogens with zero attached hydrogens (tertiary/aromatic N) is 3. The standard InChI is InChI=1S/C23H25FN4O3S/c24-21-6-8-22(9-7-21)32(30,31)28-14-10-18(11-15-28)23(29)25-16-19-4-1-2-5-20(19)17-27-13-3-12-26-27/h1-9,12-13,18H,10-11,14-17H2,(H,25,29). The molecular formula is C23H25FN4O3S. The second-order valence-corrected chi connectivity index (χ2v) is 9.76. The van der Waals surface area contributed by atoms with Crippen LogP contribution in [0.2, 0.25) is 0 Å². The lowest BCUT2D eigenvalue weighted by Crippen LogP contribution is -2.42. The molecule has 0 bridgehead atoms. The molecule has 1 amide bonds. The van der Waals surface area contributed by atoms with Gasteiger partial charge in [-0.2, -0.15) is 9.40 Å². The molecule has 7 nitrogen and oxygen atoms in total. The minimum Gasteiger partial charge on any atom is -0.352 e. The average Bonchev–Trinajstić information content (AvgIpc) is 3.32. The van der Waals surface area contributed by atoms with Gasteiger partial charge in [-0.1, -0.05) is 24.3 Å². The van der Waals surface area contributed by atoms with Gasteiger partial charge in [0.15, 0.2) is 0 Å². The number of halogens is 1. The fraction of sp³-hybridized carbons (Fsp3) is 0.304. The Labute approximate surface area is 186 Å². The summed E-state index contributed by atoms with van der Waals surface area (Å²) < 4.78 is 41.8. The molecule has 1 aromatic heterocycles. The summed E-state index contributed by atoms with van der Waals surface area (Å²) in [4.78, 5) is 12.8. The molecular weight excluding hydrogens is 431 g/mol. The first-order valence-corrected chi connectivity index (χ1v) is 11.9. The van der Waals surface area contributed by atoms with Crippen LogP contribution in [0.25, 0.3) is 0 Å². The van der Waals surface area contributed by atoms with Crippen molar-refractivity contribution in [2.24, 2.45) is 5.92 Å². The largest absolute Gasteiger partial charge is 0.352 e. The van der Waals surface area contributed by atoms with Crippen LogP contribution in [-0.2, 0) is 27.9 Å². The number of benzene rings is 2. The van der Waals surface area contributed by atoms with Gasteiger partial charge in [-0.05, 0) is 54.3 Å². The predicted molar refractivity (Wildman–Crippen MR) is 118 cm³/mol.